The van der Waals surface area contributed by atoms with Crippen molar-refractivity contribution < 1.29 is 4.39 Å². The lowest BCUT2D eigenvalue weighted by atomic mass is 10.1. The molecule has 1 aromatic carbocycles. The molecule has 2 N–H and O–H groups in total. The van der Waals surface area contributed by atoms with Gasteiger partial charge in [-0.05, 0) is 25.0 Å². The van der Waals surface area contributed by atoms with E-state index >= 15 is 0 Å². The Hall–Kier alpha value is -1.68. The molecule has 4 heteroatoms. The molecule has 2 aromatic rings. The van der Waals surface area contributed by atoms with E-state index in [0.717, 1.165) is 12.4 Å². The number of nitrogens with two attached hydrogens (primary N) is 1. The van der Waals surface area contributed by atoms with E-state index < -0.39 is 0 Å². The Morgan fingerprint density at radius 3 is 2.88 bits per heavy atom. The summed E-state index contributed by atoms with van der Waals surface area (Å²) in [6, 6.07) is 6.43. The van der Waals surface area contributed by atoms with Crippen molar-refractivity contribution in [3.63, 3.8) is 0 Å². The molecule has 0 saturated carbocycles. The van der Waals surface area contributed by atoms with Crippen LogP contribution in [-0.4, -0.2) is 9.55 Å². The van der Waals surface area contributed by atoms with Crippen molar-refractivity contribution in [1.82, 2.24) is 9.55 Å². The number of benzene rings is 1. The molecule has 0 fully saturated rings. The van der Waals surface area contributed by atoms with Crippen molar-refractivity contribution in [1.29, 1.82) is 0 Å². The fourth-order valence-electron chi connectivity index (χ4n) is 1.91. The zero-order valence-electron chi connectivity index (χ0n) is 9.81. The van der Waals surface area contributed by atoms with Gasteiger partial charge in [-0.1, -0.05) is 18.2 Å². The van der Waals surface area contributed by atoms with Gasteiger partial charge in [-0.3, -0.25) is 0 Å². The number of rotatable bonds is 4. The summed E-state index contributed by atoms with van der Waals surface area (Å²) in [5.74, 6) is 0.591. The first kappa shape index (κ1) is 11.8. The van der Waals surface area contributed by atoms with Crippen LogP contribution in [0.1, 0.15) is 24.4 Å². The molecule has 0 radical (unpaired) electrons. The number of aromatic nitrogens is 2. The first-order valence-electron chi connectivity index (χ1n) is 5.72. The largest absolute Gasteiger partial charge is 0.334 e. The highest BCUT2D eigenvalue weighted by molar-refractivity contribution is 5.19. The van der Waals surface area contributed by atoms with Crippen molar-refractivity contribution in [2.45, 2.75) is 25.9 Å². The normalized spacial score (nSPS) is 12.6. The average molecular weight is 233 g/mol. The molecule has 3 nitrogen and oxygen atoms in total. The Balaban J connectivity index is 2.17. The molecule has 1 unspecified atom stereocenters. The minimum absolute atomic E-state index is 0.211. The third kappa shape index (κ3) is 2.53. The Morgan fingerprint density at radius 1 is 1.41 bits per heavy atom. The van der Waals surface area contributed by atoms with E-state index in [2.05, 4.69) is 4.98 Å². The number of nitrogens with zero attached hydrogens (tertiary/aromatic N) is 2. The minimum Gasteiger partial charge on any atom is -0.334 e. The maximum absolute atomic E-state index is 13.5. The minimum atomic E-state index is -0.276. The fourth-order valence-corrected chi connectivity index (χ4v) is 1.91. The van der Waals surface area contributed by atoms with Gasteiger partial charge in [0.2, 0.25) is 0 Å². The summed E-state index contributed by atoms with van der Waals surface area (Å²) in [5.41, 5.74) is 6.70. The maximum Gasteiger partial charge on any atom is 0.126 e. The van der Waals surface area contributed by atoms with Crippen LogP contribution in [0.25, 0.3) is 0 Å². The van der Waals surface area contributed by atoms with E-state index in [-0.39, 0.29) is 11.9 Å². The van der Waals surface area contributed by atoms with Crippen LogP contribution in [0.15, 0.2) is 36.7 Å². The van der Waals surface area contributed by atoms with E-state index in [9.17, 15) is 4.39 Å². The highest BCUT2D eigenvalue weighted by atomic mass is 19.1. The summed E-state index contributed by atoms with van der Waals surface area (Å²) in [5, 5.41) is 0. The highest BCUT2D eigenvalue weighted by Crippen LogP contribution is 2.16. The van der Waals surface area contributed by atoms with E-state index in [1.165, 1.54) is 6.07 Å². The van der Waals surface area contributed by atoms with E-state index in [1.807, 2.05) is 23.8 Å². The Bertz CT molecular complexity index is 493. The lowest BCUT2D eigenvalue weighted by molar-refractivity contribution is 0.565. The van der Waals surface area contributed by atoms with Crippen molar-refractivity contribution in [2.24, 2.45) is 5.73 Å². The molecule has 1 aromatic heterocycles. The van der Waals surface area contributed by atoms with Crippen LogP contribution in [0.4, 0.5) is 4.39 Å². The molecule has 17 heavy (non-hydrogen) atoms. The number of aryl methyl sites for hydroxylation is 1. The molecule has 0 bridgehead atoms. The van der Waals surface area contributed by atoms with Gasteiger partial charge in [0.25, 0.3) is 0 Å². The zero-order chi connectivity index (χ0) is 12.3. The van der Waals surface area contributed by atoms with Gasteiger partial charge in [0.05, 0.1) is 6.04 Å². The van der Waals surface area contributed by atoms with Gasteiger partial charge >= 0.3 is 0 Å². The van der Waals surface area contributed by atoms with E-state index in [4.69, 9.17) is 5.73 Å². The summed E-state index contributed by atoms with van der Waals surface area (Å²) in [6.07, 6.45) is 4.07. The van der Waals surface area contributed by atoms with Crippen LogP contribution in [0.5, 0.6) is 0 Å². The molecule has 2 rings (SSSR count). The van der Waals surface area contributed by atoms with Crippen molar-refractivity contribution in [3.05, 3.63) is 53.9 Å². The van der Waals surface area contributed by atoms with Crippen molar-refractivity contribution in [2.75, 3.05) is 0 Å². The first-order valence-corrected chi connectivity index (χ1v) is 5.72. The second-order valence-electron chi connectivity index (χ2n) is 3.97. The number of imidazole rings is 1. The molecular weight excluding hydrogens is 217 g/mol. The molecule has 1 atom stereocenters. The highest BCUT2D eigenvalue weighted by Gasteiger charge is 2.14. The van der Waals surface area contributed by atoms with Crippen LogP contribution in [-0.2, 0) is 13.0 Å². The predicted octanol–water partition coefficient (Wildman–Crippen LogP) is 2.28. The van der Waals surface area contributed by atoms with Gasteiger partial charge in [0, 0.05) is 18.9 Å². The molecule has 0 saturated heterocycles. The third-order valence-corrected chi connectivity index (χ3v) is 2.82. The Labute approximate surface area is 100 Å². The lowest BCUT2D eigenvalue weighted by Gasteiger charge is -2.13. The summed E-state index contributed by atoms with van der Waals surface area (Å²) in [6.45, 7) is 2.85. The molecule has 1 heterocycles. The second kappa shape index (κ2) is 5.10. The number of hydrogen-bond acceptors (Lipinski definition) is 2. The van der Waals surface area contributed by atoms with Crippen LogP contribution in [0, 0.1) is 5.82 Å². The van der Waals surface area contributed by atoms with Gasteiger partial charge in [0.15, 0.2) is 0 Å². The Morgan fingerprint density at radius 2 is 2.18 bits per heavy atom. The molecular formula is C13H16FN3. The quantitative estimate of drug-likeness (QED) is 0.880. The maximum atomic E-state index is 13.5. The monoisotopic (exact) mass is 233 g/mol. The van der Waals surface area contributed by atoms with Crippen LogP contribution in [0.3, 0.4) is 0 Å². The first-order chi connectivity index (χ1) is 8.22. The van der Waals surface area contributed by atoms with Gasteiger partial charge in [0.1, 0.15) is 11.6 Å². The second-order valence-corrected chi connectivity index (χ2v) is 3.97. The third-order valence-electron chi connectivity index (χ3n) is 2.82. The zero-order valence-corrected chi connectivity index (χ0v) is 9.81. The van der Waals surface area contributed by atoms with Gasteiger partial charge in [-0.25, -0.2) is 9.37 Å². The average Bonchev–Trinajstić information content (AvgIpc) is 2.80. The SMILES string of the molecule is CCn1ccnc1C(N)Cc1ccccc1F. The topological polar surface area (TPSA) is 43.8 Å². The van der Waals surface area contributed by atoms with Gasteiger partial charge < -0.3 is 10.3 Å². The summed E-state index contributed by atoms with van der Waals surface area (Å²) < 4.78 is 15.5. The van der Waals surface area contributed by atoms with Crippen molar-refractivity contribution >= 4 is 0 Å². The van der Waals surface area contributed by atoms with Gasteiger partial charge in [-0.2, -0.15) is 0 Å². The number of halogens is 1. The van der Waals surface area contributed by atoms with Crippen LogP contribution >= 0.6 is 0 Å². The standard InChI is InChI=1S/C13H16FN3/c1-2-17-8-7-16-13(17)12(15)9-10-5-3-4-6-11(10)14/h3-8,12H,2,9,15H2,1H3. The summed E-state index contributed by atoms with van der Waals surface area (Å²) in [4.78, 5) is 4.23. The van der Waals surface area contributed by atoms with Crippen molar-refractivity contribution in [3.8, 4) is 0 Å². The lowest BCUT2D eigenvalue weighted by Crippen LogP contribution is -2.19. The molecule has 90 valence electrons. The molecule has 0 spiro atoms. The Kier molecular flexibility index (Phi) is 3.54. The molecule has 0 aliphatic carbocycles. The molecule has 0 amide bonds. The predicted molar refractivity (Wildman–Crippen MR) is 64.9 cm³/mol. The van der Waals surface area contributed by atoms with E-state index in [1.54, 1.807) is 18.3 Å². The summed E-state index contributed by atoms with van der Waals surface area (Å²) >= 11 is 0. The van der Waals surface area contributed by atoms with Crippen LogP contribution < -0.4 is 5.73 Å². The number of hydrogen-bond donors (Lipinski definition) is 1. The van der Waals surface area contributed by atoms with Crippen LogP contribution in [0.2, 0.25) is 0 Å². The fraction of sp³-hybridized carbons (Fsp3) is 0.308. The smallest absolute Gasteiger partial charge is 0.126 e. The van der Waals surface area contributed by atoms with E-state index in [0.29, 0.717) is 12.0 Å². The molecule has 0 aliphatic rings. The molecule has 0 aliphatic heterocycles. The van der Waals surface area contributed by atoms with Gasteiger partial charge in [-0.15, -0.1) is 0 Å². The summed E-state index contributed by atoms with van der Waals surface area (Å²) in [7, 11) is 0.